The van der Waals surface area contributed by atoms with Gasteiger partial charge in [-0.25, -0.2) is 17.5 Å². The van der Waals surface area contributed by atoms with Crippen LogP contribution in [0.25, 0.3) is 0 Å². The summed E-state index contributed by atoms with van der Waals surface area (Å²) in [4.78, 5) is -0.151. The van der Waals surface area contributed by atoms with Gasteiger partial charge in [0.2, 0.25) is 10.0 Å². The molecule has 0 amide bonds. The van der Waals surface area contributed by atoms with Crippen LogP contribution in [-0.2, 0) is 14.8 Å². The molecule has 0 heterocycles. The van der Waals surface area contributed by atoms with Gasteiger partial charge in [0.1, 0.15) is 5.82 Å². The van der Waals surface area contributed by atoms with Gasteiger partial charge in [0, 0.05) is 24.4 Å². The lowest BCUT2D eigenvalue weighted by Gasteiger charge is -2.10. The molecule has 1 rings (SSSR count). The summed E-state index contributed by atoms with van der Waals surface area (Å²) in [5, 5.41) is 0. The molecule has 3 N–H and O–H groups in total. The number of hydrogen-bond acceptors (Lipinski definition) is 4. The predicted octanol–water partition coefficient (Wildman–Crippen LogP) is 2.20. The van der Waals surface area contributed by atoms with Crippen LogP contribution < -0.4 is 10.5 Å². The Balaban J connectivity index is 2.54. The molecular weight excluding hydrogens is 295 g/mol. The van der Waals surface area contributed by atoms with Crippen LogP contribution >= 0.6 is 0 Å². The molecule has 0 radical (unpaired) electrons. The first-order valence-electron chi connectivity index (χ1n) is 6.91. The Kier molecular flexibility index (Phi) is 6.57. The summed E-state index contributed by atoms with van der Waals surface area (Å²) in [6, 6.07) is 2.25. The molecule has 0 aliphatic carbocycles. The summed E-state index contributed by atoms with van der Waals surface area (Å²) in [5.74, 6) is -0.624. The predicted molar refractivity (Wildman–Crippen MR) is 81.1 cm³/mol. The number of anilines is 1. The summed E-state index contributed by atoms with van der Waals surface area (Å²) in [5.41, 5.74) is 5.97. The number of nitrogens with one attached hydrogen (secondary N) is 1. The molecule has 1 aromatic carbocycles. The fourth-order valence-corrected chi connectivity index (χ4v) is 2.79. The highest BCUT2D eigenvalue weighted by Gasteiger charge is 2.16. The zero-order chi connectivity index (χ0) is 16.0. The highest BCUT2D eigenvalue weighted by Crippen LogP contribution is 2.20. The van der Waals surface area contributed by atoms with Gasteiger partial charge in [-0.05, 0) is 45.7 Å². The number of halogens is 1. The minimum Gasteiger partial charge on any atom is -0.398 e. The van der Waals surface area contributed by atoms with E-state index in [1.165, 1.54) is 13.0 Å². The van der Waals surface area contributed by atoms with Crippen LogP contribution in [0, 0.1) is 12.7 Å². The van der Waals surface area contributed by atoms with Crippen LogP contribution in [0.5, 0.6) is 0 Å². The Morgan fingerprint density at radius 2 is 2.00 bits per heavy atom. The van der Waals surface area contributed by atoms with Crippen molar-refractivity contribution in [3.05, 3.63) is 23.5 Å². The zero-order valence-electron chi connectivity index (χ0n) is 12.6. The first kappa shape index (κ1) is 17.9. The summed E-state index contributed by atoms with van der Waals surface area (Å²) in [6.07, 6.45) is 1.57. The van der Waals surface area contributed by atoms with E-state index in [0.29, 0.717) is 13.0 Å². The molecule has 0 saturated carbocycles. The molecule has 0 aromatic heterocycles. The Morgan fingerprint density at radius 3 is 2.57 bits per heavy atom. The molecule has 21 heavy (non-hydrogen) atoms. The average molecular weight is 318 g/mol. The Hall–Kier alpha value is -1.18. The number of nitrogens with two attached hydrogens (primary N) is 1. The Morgan fingerprint density at radius 1 is 1.33 bits per heavy atom. The maximum absolute atomic E-state index is 13.5. The van der Waals surface area contributed by atoms with Gasteiger partial charge < -0.3 is 10.5 Å². The van der Waals surface area contributed by atoms with E-state index in [0.717, 1.165) is 12.5 Å². The molecule has 0 aliphatic rings. The summed E-state index contributed by atoms with van der Waals surface area (Å²) < 4.78 is 45.4. The van der Waals surface area contributed by atoms with Crippen LogP contribution in [0.2, 0.25) is 0 Å². The highest BCUT2D eigenvalue weighted by atomic mass is 32.2. The van der Waals surface area contributed by atoms with Gasteiger partial charge in [0.15, 0.2) is 0 Å². The second kappa shape index (κ2) is 7.72. The van der Waals surface area contributed by atoms with Gasteiger partial charge in [-0.1, -0.05) is 0 Å². The number of rotatable bonds is 8. The van der Waals surface area contributed by atoms with Crippen LogP contribution in [0.15, 0.2) is 17.0 Å². The number of benzene rings is 1. The normalized spacial score (nSPS) is 12.0. The fourth-order valence-electron chi connectivity index (χ4n) is 1.67. The van der Waals surface area contributed by atoms with Crippen molar-refractivity contribution in [2.75, 3.05) is 18.9 Å². The van der Waals surface area contributed by atoms with E-state index in [1.807, 2.05) is 13.8 Å². The lowest BCUT2D eigenvalue weighted by Crippen LogP contribution is -2.25. The lowest BCUT2D eigenvalue weighted by molar-refractivity contribution is 0.0762. The minimum atomic E-state index is -3.74. The van der Waals surface area contributed by atoms with Crippen molar-refractivity contribution >= 4 is 15.7 Å². The van der Waals surface area contributed by atoms with E-state index in [2.05, 4.69) is 4.72 Å². The molecule has 0 spiro atoms. The van der Waals surface area contributed by atoms with E-state index >= 15 is 0 Å². The van der Waals surface area contributed by atoms with Crippen molar-refractivity contribution in [1.29, 1.82) is 0 Å². The SMILES string of the molecule is Cc1c(N)cc(S(=O)(=O)NCCCCOC(C)C)cc1F. The maximum Gasteiger partial charge on any atom is 0.240 e. The third kappa shape index (κ3) is 5.61. The van der Waals surface area contributed by atoms with Crippen LogP contribution in [0.3, 0.4) is 0 Å². The van der Waals surface area contributed by atoms with Crippen molar-refractivity contribution in [3.8, 4) is 0 Å². The topological polar surface area (TPSA) is 81.4 Å². The van der Waals surface area contributed by atoms with Crippen molar-refractivity contribution in [2.24, 2.45) is 0 Å². The molecule has 0 fully saturated rings. The van der Waals surface area contributed by atoms with E-state index in [1.54, 1.807) is 0 Å². The van der Waals surface area contributed by atoms with Crippen molar-refractivity contribution in [1.82, 2.24) is 4.72 Å². The van der Waals surface area contributed by atoms with E-state index < -0.39 is 15.8 Å². The fraction of sp³-hybridized carbons (Fsp3) is 0.571. The molecule has 120 valence electrons. The summed E-state index contributed by atoms with van der Waals surface area (Å²) in [7, 11) is -3.74. The van der Waals surface area contributed by atoms with Gasteiger partial charge in [-0.15, -0.1) is 0 Å². The van der Waals surface area contributed by atoms with Crippen LogP contribution in [-0.4, -0.2) is 27.7 Å². The van der Waals surface area contributed by atoms with Gasteiger partial charge in [0.05, 0.1) is 11.0 Å². The number of unbranched alkanes of at least 4 members (excludes halogenated alkanes) is 1. The Labute approximate surface area is 125 Å². The number of hydrogen-bond donors (Lipinski definition) is 2. The first-order chi connectivity index (χ1) is 9.74. The number of ether oxygens (including phenoxy) is 1. The smallest absolute Gasteiger partial charge is 0.240 e. The van der Waals surface area contributed by atoms with Crippen LogP contribution in [0.4, 0.5) is 10.1 Å². The largest absolute Gasteiger partial charge is 0.398 e. The highest BCUT2D eigenvalue weighted by molar-refractivity contribution is 7.89. The maximum atomic E-state index is 13.5. The van der Waals surface area contributed by atoms with Crippen molar-refractivity contribution in [2.45, 2.75) is 44.6 Å². The summed E-state index contributed by atoms with van der Waals surface area (Å²) >= 11 is 0. The molecule has 0 saturated heterocycles. The first-order valence-corrected chi connectivity index (χ1v) is 8.39. The monoisotopic (exact) mass is 318 g/mol. The second-order valence-corrected chi connectivity index (χ2v) is 6.91. The standard InChI is InChI=1S/C14H23FN2O3S/c1-10(2)20-7-5-4-6-17-21(18,19)12-8-13(15)11(3)14(16)9-12/h8-10,17H,4-7,16H2,1-3H3. The second-order valence-electron chi connectivity index (χ2n) is 5.14. The third-order valence-corrected chi connectivity index (χ3v) is 4.42. The van der Waals surface area contributed by atoms with E-state index in [4.69, 9.17) is 10.5 Å². The van der Waals surface area contributed by atoms with Gasteiger partial charge in [-0.2, -0.15) is 0 Å². The van der Waals surface area contributed by atoms with E-state index in [-0.39, 0.29) is 28.8 Å². The lowest BCUT2D eigenvalue weighted by atomic mass is 10.2. The molecule has 0 aliphatic heterocycles. The number of nitrogen functional groups attached to an aromatic ring is 1. The average Bonchev–Trinajstić information content (AvgIpc) is 2.39. The molecule has 5 nitrogen and oxygen atoms in total. The minimum absolute atomic E-state index is 0.126. The zero-order valence-corrected chi connectivity index (χ0v) is 13.5. The van der Waals surface area contributed by atoms with Crippen molar-refractivity contribution in [3.63, 3.8) is 0 Å². The molecule has 7 heteroatoms. The number of sulfonamides is 1. The molecule has 0 bridgehead atoms. The van der Waals surface area contributed by atoms with E-state index in [9.17, 15) is 12.8 Å². The molecule has 1 aromatic rings. The van der Waals surface area contributed by atoms with Crippen molar-refractivity contribution < 1.29 is 17.5 Å². The van der Waals surface area contributed by atoms with Gasteiger partial charge in [0.25, 0.3) is 0 Å². The Bertz CT molecular complexity index is 551. The molecule has 0 unspecified atom stereocenters. The van der Waals surface area contributed by atoms with Gasteiger partial charge >= 0.3 is 0 Å². The van der Waals surface area contributed by atoms with Gasteiger partial charge in [-0.3, -0.25) is 0 Å². The molecule has 0 atom stereocenters. The molecular formula is C14H23FN2O3S. The van der Waals surface area contributed by atoms with Crippen LogP contribution in [0.1, 0.15) is 32.3 Å². The third-order valence-electron chi connectivity index (χ3n) is 2.98. The summed E-state index contributed by atoms with van der Waals surface area (Å²) in [6.45, 7) is 6.26. The quantitative estimate of drug-likeness (QED) is 0.569.